The van der Waals surface area contributed by atoms with Crippen LogP contribution in [0.1, 0.15) is 132 Å². The minimum atomic E-state index is 1.01. The van der Waals surface area contributed by atoms with Crippen LogP contribution in [0.15, 0.2) is 69.9 Å². The van der Waals surface area contributed by atoms with Crippen molar-refractivity contribution in [2.45, 2.75) is 132 Å². The average molecular weight is 451 g/mol. The second kappa shape index (κ2) is 17.9. The Morgan fingerprint density at radius 2 is 0.788 bits per heavy atom. The quantitative estimate of drug-likeness (QED) is 0.153. The fourth-order valence-corrected chi connectivity index (χ4v) is 4.16. The van der Waals surface area contributed by atoms with Crippen molar-refractivity contribution in [2.75, 3.05) is 0 Å². The average Bonchev–Trinajstić information content (AvgIpc) is 3.55. The van der Waals surface area contributed by atoms with E-state index in [1.807, 2.05) is 0 Å². The molecule has 186 valence electrons. The van der Waals surface area contributed by atoms with Gasteiger partial charge in [0.2, 0.25) is 0 Å². The van der Waals surface area contributed by atoms with Crippen LogP contribution < -0.4 is 0 Å². The normalized spacial score (nSPS) is 16.4. The van der Waals surface area contributed by atoms with E-state index in [1.54, 1.807) is 16.7 Å². The first kappa shape index (κ1) is 29.5. The monoisotopic (exact) mass is 450 g/mol. The van der Waals surface area contributed by atoms with Crippen LogP contribution in [0.4, 0.5) is 0 Å². The summed E-state index contributed by atoms with van der Waals surface area (Å²) in [6.07, 6.45) is 30.8. The molecule has 0 atom stereocenters. The van der Waals surface area contributed by atoms with E-state index in [2.05, 4.69) is 84.9 Å². The van der Waals surface area contributed by atoms with Gasteiger partial charge in [-0.25, -0.2) is 0 Å². The third-order valence-corrected chi connectivity index (χ3v) is 6.65. The molecule has 0 bridgehead atoms. The van der Waals surface area contributed by atoms with E-state index in [4.69, 9.17) is 0 Å². The van der Waals surface area contributed by atoms with Gasteiger partial charge in [0, 0.05) is 0 Å². The lowest BCUT2D eigenvalue weighted by atomic mass is 10.0. The molecule has 1 saturated carbocycles. The van der Waals surface area contributed by atoms with Gasteiger partial charge in [0.15, 0.2) is 0 Å². The zero-order valence-electron chi connectivity index (χ0n) is 23.2. The molecule has 33 heavy (non-hydrogen) atoms. The molecule has 1 rings (SSSR count). The second-order valence-electron chi connectivity index (χ2n) is 10.9. The number of hydrogen-bond donors (Lipinski definition) is 0. The highest BCUT2D eigenvalue weighted by Crippen LogP contribution is 2.35. The van der Waals surface area contributed by atoms with E-state index in [0.717, 1.165) is 5.92 Å². The maximum Gasteiger partial charge on any atom is -0.0288 e. The summed E-state index contributed by atoms with van der Waals surface area (Å²) in [7, 11) is 0. The summed E-state index contributed by atoms with van der Waals surface area (Å²) in [6.45, 7) is 15.8. The highest BCUT2D eigenvalue weighted by molar-refractivity contribution is 5.08. The Hall–Kier alpha value is -1.56. The summed E-state index contributed by atoms with van der Waals surface area (Å²) in [6, 6.07) is 0. The lowest BCUT2D eigenvalue weighted by molar-refractivity contribution is 0.809. The lowest BCUT2D eigenvalue weighted by Gasteiger charge is -2.03. The third kappa shape index (κ3) is 18.5. The number of rotatable bonds is 17. The maximum absolute atomic E-state index is 2.47. The van der Waals surface area contributed by atoms with Gasteiger partial charge < -0.3 is 0 Å². The summed E-state index contributed by atoms with van der Waals surface area (Å²) in [4.78, 5) is 0. The number of allylic oxidation sites excluding steroid dienone is 12. The van der Waals surface area contributed by atoms with E-state index >= 15 is 0 Å². The molecule has 0 aromatic carbocycles. The van der Waals surface area contributed by atoms with Crippen LogP contribution in [0.3, 0.4) is 0 Å². The SMILES string of the molecule is CC(C)=CCC/C(C)=C/CC/C(C)=C/CC/C=C(\C)CC/C=C(\C)CCC=C(C)CC1CC1. The minimum absolute atomic E-state index is 1.01. The summed E-state index contributed by atoms with van der Waals surface area (Å²) in [5, 5.41) is 0. The predicted octanol–water partition coefficient (Wildman–Crippen LogP) is 11.4. The summed E-state index contributed by atoms with van der Waals surface area (Å²) >= 11 is 0. The van der Waals surface area contributed by atoms with Crippen molar-refractivity contribution in [3.63, 3.8) is 0 Å². The van der Waals surface area contributed by atoms with Crippen molar-refractivity contribution < 1.29 is 0 Å². The minimum Gasteiger partial charge on any atom is -0.0856 e. The van der Waals surface area contributed by atoms with E-state index in [0.29, 0.717) is 0 Å². The Balaban J connectivity index is 2.16. The van der Waals surface area contributed by atoms with Crippen LogP contribution >= 0.6 is 0 Å². The highest BCUT2D eigenvalue weighted by Gasteiger charge is 2.20. The second-order valence-corrected chi connectivity index (χ2v) is 10.9. The Kier molecular flexibility index (Phi) is 15.9. The fraction of sp³-hybridized carbons (Fsp3) is 0.636. The van der Waals surface area contributed by atoms with Crippen molar-refractivity contribution in [3.8, 4) is 0 Å². The summed E-state index contributed by atoms with van der Waals surface area (Å²) < 4.78 is 0. The molecule has 0 spiro atoms. The molecule has 1 fully saturated rings. The first-order valence-corrected chi connectivity index (χ1v) is 13.7. The van der Waals surface area contributed by atoms with Gasteiger partial charge in [0.05, 0.1) is 0 Å². The third-order valence-electron chi connectivity index (χ3n) is 6.65. The van der Waals surface area contributed by atoms with Gasteiger partial charge >= 0.3 is 0 Å². The van der Waals surface area contributed by atoms with Gasteiger partial charge in [-0.3, -0.25) is 0 Å². The maximum atomic E-state index is 2.47. The summed E-state index contributed by atoms with van der Waals surface area (Å²) in [5.41, 5.74) is 9.20. The zero-order chi connectivity index (χ0) is 24.5. The van der Waals surface area contributed by atoms with Crippen molar-refractivity contribution in [1.82, 2.24) is 0 Å². The van der Waals surface area contributed by atoms with Crippen LogP contribution in [-0.4, -0.2) is 0 Å². The van der Waals surface area contributed by atoms with Crippen molar-refractivity contribution in [1.29, 1.82) is 0 Å². The van der Waals surface area contributed by atoms with Crippen LogP contribution in [0, 0.1) is 5.92 Å². The van der Waals surface area contributed by atoms with Crippen LogP contribution in [0.2, 0.25) is 0 Å². The molecule has 0 aromatic rings. The molecule has 0 saturated heterocycles. The first-order valence-electron chi connectivity index (χ1n) is 13.7. The van der Waals surface area contributed by atoms with Gasteiger partial charge in [0.1, 0.15) is 0 Å². The van der Waals surface area contributed by atoms with Crippen molar-refractivity contribution in [2.24, 2.45) is 5.92 Å². The Morgan fingerprint density at radius 1 is 0.455 bits per heavy atom. The molecule has 0 heterocycles. The lowest BCUT2D eigenvalue weighted by Crippen LogP contribution is -1.83. The molecule has 0 heteroatoms. The van der Waals surface area contributed by atoms with E-state index in [9.17, 15) is 0 Å². The van der Waals surface area contributed by atoms with Crippen LogP contribution in [0.25, 0.3) is 0 Å². The first-order chi connectivity index (χ1) is 15.8. The largest absolute Gasteiger partial charge is 0.0856 e. The topological polar surface area (TPSA) is 0 Å². The molecular weight excluding hydrogens is 396 g/mol. The predicted molar refractivity (Wildman–Crippen MR) is 152 cm³/mol. The van der Waals surface area contributed by atoms with E-state index < -0.39 is 0 Å². The standard InChI is InChI=1S/C33H54/c1-27(2)14-10-17-30(5)20-11-18-28(3)15-8-9-16-29(4)19-12-21-31(6)22-13-23-32(7)26-33-24-25-33/h14-16,20-21,23,33H,8-13,17-19,22,24-26H2,1-7H3/b28-15+,29-16+,30-20+,31-21+,32-23?. The molecule has 0 nitrogen and oxygen atoms in total. The smallest absolute Gasteiger partial charge is 0.0288 e. The van der Waals surface area contributed by atoms with Crippen LogP contribution in [-0.2, 0) is 0 Å². The van der Waals surface area contributed by atoms with E-state index in [-0.39, 0.29) is 0 Å². The molecule has 0 unspecified atom stereocenters. The fourth-order valence-electron chi connectivity index (χ4n) is 4.16. The molecule has 1 aliphatic rings. The highest BCUT2D eigenvalue weighted by atomic mass is 14.3. The van der Waals surface area contributed by atoms with E-state index in [1.165, 1.54) is 100 Å². The number of unbranched alkanes of at least 4 members (excludes halogenated alkanes) is 1. The van der Waals surface area contributed by atoms with Gasteiger partial charge in [0.25, 0.3) is 0 Å². The summed E-state index contributed by atoms with van der Waals surface area (Å²) in [5.74, 6) is 1.01. The Labute approximate surface area is 207 Å². The molecule has 0 aliphatic heterocycles. The number of hydrogen-bond acceptors (Lipinski definition) is 0. The molecule has 0 N–H and O–H groups in total. The Morgan fingerprint density at radius 3 is 1.15 bits per heavy atom. The zero-order valence-corrected chi connectivity index (χ0v) is 23.2. The molecule has 0 amide bonds. The van der Waals surface area contributed by atoms with Gasteiger partial charge in [-0.15, -0.1) is 0 Å². The van der Waals surface area contributed by atoms with Gasteiger partial charge in [-0.2, -0.15) is 0 Å². The van der Waals surface area contributed by atoms with Crippen LogP contribution in [0.5, 0.6) is 0 Å². The molecular formula is C33H54. The molecule has 0 radical (unpaired) electrons. The van der Waals surface area contributed by atoms with Gasteiger partial charge in [-0.05, 0) is 138 Å². The van der Waals surface area contributed by atoms with Crippen molar-refractivity contribution >= 4 is 0 Å². The Bertz CT molecular complexity index is 724. The van der Waals surface area contributed by atoms with Crippen molar-refractivity contribution in [3.05, 3.63) is 69.9 Å². The molecule has 0 aromatic heterocycles. The van der Waals surface area contributed by atoms with Gasteiger partial charge in [-0.1, -0.05) is 69.9 Å². The molecule has 1 aliphatic carbocycles.